The van der Waals surface area contributed by atoms with E-state index < -0.39 is 24.7 Å². The van der Waals surface area contributed by atoms with Crippen molar-refractivity contribution in [2.45, 2.75) is 12.2 Å². The topological polar surface area (TPSA) is 75.4 Å². The van der Waals surface area contributed by atoms with Crippen molar-refractivity contribution in [1.82, 2.24) is 5.32 Å². The van der Waals surface area contributed by atoms with Crippen molar-refractivity contribution in [3.05, 3.63) is 29.8 Å². The van der Waals surface area contributed by atoms with Crippen molar-refractivity contribution in [2.24, 2.45) is 5.73 Å². The van der Waals surface area contributed by atoms with E-state index in [2.05, 4.69) is 0 Å². The maximum absolute atomic E-state index is 12.0. The number of primary amides is 1. The van der Waals surface area contributed by atoms with Gasteiger partial charge in [0, 0.05) is 0 Å². The zero-order chi connectivity index (χ0) is 13.1. The molecule has 0 aliphatic heterocycles. The highest BCUT2D eigenvalue weighted by molar-refractivity contribution is 5.81. The first-order chi connectivity index (χ1) is 7.79. The van der Waals surface area contributed by atoms with E-state index in [1.807, 2.05) is 5.32 Å². The highest BCUT2D eigenvalue weighted by atomic mass is 19.4. The summed E-state index contributed by atoms with van der Waals surface area (Å²) in [5.74, 6) is -1.09. The lowest BCUT2D eigenvalue weighted by Gasteiger charge is -2.17. The minimum atomic E-state index is -4.44. The lowest BCUT2D eigenvalue weighted by molar-refractivity contribution is -0.130. The van der Waals surface area contributed by atoms with Gasteiger partial charge in [-0.05, 0) is 17.7 Å². The molecule has 0 aliphatic rings. The standard InChI is InChI=1S/C10H11F3N2O2/c11-10(12,13)5-15-8(9(14)17)6-2-1-3-7(16)4-6/h1-4,8,15-16H,5H2,(H2,14,17). The second kappa shape index (κ2) is 5.05. The minimum Gasteiger partial charge on any atom is -0.508 e. The number of phenols is 1. The van der Waals surface area contributed by atoms with E-state index >= 15 is 0 Å². The molecule has 0 heterocycles. The molecular weight excluding hydrogens is 237 g/mol. The highest BCUT2D eigenvalue weighted by Gasteiger charge is 2.30. The van der Waals surface area contributed by atoms with E-state index in [4.69, 9.17) is 10.8 Å². The number of carbonyl (C=O) groups excluding carboxylic acids is 1. The Morgan fingerprint density at radius 3 is 2.59 bits per heavy atom. The van der Waals surface area contributed by atoms with Crippen LogP contribution in [0, 0.1) is 0 Å². The van der Waals surface area contributed by atoms with Gasteiger partial charge in [0.1, 0.15) is 11.8 Å². The molecule has 7 heteroatoms. The summed E-state index contributed by atoms with van der Waals surface area (Å²) in [5, 5.41) is 11.2. The van der Waals surface area contributed by atoms with Crippen LogP contribution in [0.2, 0.25) is 0 Å². The zero-order valence-electron chi connectivity index (χ0n) is 8.66. The average Bonchev–Trinajstić information content (AvgIpc) is 2.15. The Morgan fingerprint density at radius 1 is 1.47 bits per heavy atom. The first-order valence-electron chi connectivity index (χ1n) is 4.68. The van der Waals surface area contributed by atoms with E-state index in [-0.39, 0.29) is 11.3 Å². The summed E-state index contributed by atoms with van der Waals surface area (Å²) < 4.78 is 36.0. The Balaban J connectivity index is 2.83. The maximum atomic E-state index is 12.0. The largest absolute Gasteiger partial charge is 0.508 e. The number of rotatable bonds is 4. The zero-order valence-corrected chi connectivity index (χ0v) is 8.66. The number of alkyl halides is 3. The van der Waals surface area contributed by atoms with Gasteiger partial charge in [-0.3, -0.25) is 10.1 Å². The first kappa shape index (κ1) is 13.3. The fraction of sp³-hybridized carbons (Fsp3) is 0.300. The van der Waals surface area contributed by atoms with Crippen molar-refractivity contribution in [3.63, 3.8) is 0 Å². The van der Waals surface area contributed by atoms with Gasteiger partial charge in [0.2, 0.25) is 5.91 Å². The van der Waals surface area contributed by atoms with Gasteiger partial charge in [-0.15, -0.1) is 0 Å². The number of hydrogen-bond acceptors (Lipinski definition) is 3. The van der Waals surface area contributed by atoms with E-state index in [0.29, 0.717) is 0 Å². The fourth-order valence-corrected chi connectivity index (χ4v) is 1.30. The molecule has 0 saturated carbocycles. The summed E-state index contributed by atoms with van der Waals surface area (Å²) in [6.07, 6.45) is -4.44. The minimum absolute atomic E-state index is 0.150. The number of nitrogens with one attached hydrogen (secondary N) is 1. The lowest BCUT2D eigenvalue weighted by atomic mass is 10.1. The number of halogens is 3. The number of nitrogens with two attached hydrogens (primary N) is 1. The third kappa shape index (κ3) is 4.31. The second-order valence-corrected chi connectivity index (χ2v) is 3.43. The molecule has 0 bridgehead atoms. The molecule has 94 valence electrons. The molecule has 1 rings (SSSR count). The van der Waals surface area contributed by atoms with E-state index in [1.165, 1.54) is 24.3 Å². The molecule has 0 spiro atoms. The van der Waals surface area contributed by atoms with Crippen molar-refractivity contribution >= 4 is 5.91 Å². The van der Waals surface area contributed by atoms with Gasteiger partial charge in [0.15, 0.2) is 0 Å². The molecule has 1 aromatic rings. The van der Waals surface area contributed by atoms with Crippen molar-refractivity contribution in [3.8, 4) is 5.75 Å². The summed E-state index contributed by atoms with van der Waals surface area (Å²) in [6, 6.07) is 4.04. The van der Waals surface area contributed by atoms with Crippen molar-refractivity contribution < 1.29 is 23.1 Å². The van der Waals surface area contributed by atoms with E-state index in [0.717, 1.165) is 0 Å². The van der Waals surface area contributed by atoms with Crippen LogP contribution in [0.5, 0.6) is 5.75 Å². The average molecular weight is 248 g/mol. The number of aromatic hydroxyl groups is 1. The van der Waals surface area contributed by atoms with Gasteiger partial charge in [-0.25, -0.2) is 0 Å². The van der Waals surface area contributed by atoms with Crippen LogP contribution in [-0.2, 0) is 4.79 Å². The van der Waals surface area contributed by atoms with Crippen LogP contribution >= 0.6 is 0 Å². The predicted octanol–water partition coefficient (Wildman–Crippen LogP) is 1.07. The molecule has 1 aromatic carbocycles. The van der Waals surface area contributed by atoms with Gasteiger partial charge in [0.25, 0.3) is 0 Å². The third-order valence-electron chi connectivity index (χ3n) is 1.99. The Kier molecular flexibility index (Phi) is 3.95. The molecule has 4 N–H and O–H groups in total. The second-order valence-electron chi connectivity index (χ2n) is 3.43. The molecule has 0 radical (unpaired) electrons. The van der Waals surface area contributed by atoms with Crippen molar-refractivity contribution in [2.75, 3.05) is 6.54 Å². The lowest BCUT2D eigenvalue weighted by Crippen LogP contribution is -2.38. The Labute approximate surface area is 95.2 Å². The Hall–Kier alpha value is -1.76. The van der Waals surface area contributed by atoms with Gasteiger partial charge >= 0.3 is 6.18 Å². The van der Waals surface area contributed by atoms with Crippen molar-refractivity contribution in [1.29, 1.82) is 0 Å². The summed E-state index contributed by atoms with van der Waals surface area (Å²) in [4.78, 5) is 11.0. The SMILES string of the molecule is NC(=O)C(NCC(F)(F)F)c1cccc(O)c1. The van der Waals surface area contributed by atoms with Crippen LogP contribution < -0.4 is 11.1 Å². The monoisotopic (exact) mass is 248 g/mol. The highest BCUT2D eigenvalue weighted by Crippen LogP contribution is 2.20. The molecule has 0 aromatic heterocycles. The van der Waals surface area contributed by atoms with Crippen LogP contribution in [0.15, 0.2) is 24.3 Å². The smallest absolute Gasteiger partial charge is 0.401 e. The summed E-state index contributed by atoms with van der Waals surface area (Å²) >= 11 is 0. The number of benzene rings is 1. The van der Waals surface area contributed by atoms with Crippen LogP contribution in [0.4, 0.5) is 13.2 Å². The Morgan fingerprint density at radius 2 is 2.12 bits per heavy atom. The van der Waals surface area contributed by atoms with Gasteiger partial charge in [0.05, 0.1) is 6.54 Å². The Bertz CT molecular complexity index is 407. The molecule has 0 saturated heterocycles. The molecule has 17 heavy (non-hydrogen) atoms. The number of amides is 1. The van der Waals surface area contributed by atoms with E-state index in [1.54, 1.807) is 0 Å². The summed E-state index contributed by atoms with van der Waals surface area (Å²) in [7, 11) is 0. The number of phenolic OH excluding ortho intramolecular Hbond substituents is 1. The molecule has 0 aliphatic carbocycles. The summed E-state index contributed by atoms with van der Waals surface area (Å²) in [6.45, 7) is -1.34. The molecular formula is C10H11F3N2O2. The van der Waals surface area contributed by atoms with Crippen LogP contribution in [0.1, 0.15) is 11.6 Å². The van der Waals surface area contributed by atoms with Gasteiger partial charge < -0.3 is 10.8 Å². The predicted molar refractivity (Wildman–Crippen MR) is 54.1 cm³/mol. The van der Waals surface area contributed by atoms with Gasteiger partial charge in [-0.2, -0.15) is 13.2 Å². The van der Waals surface area contributed by atoms with E-state index in [9.17, 15) is 18.0 Å². The fourth-order valence-electron chi connectivity index (χ4n) is 1.30. The molecule has 4 nitrogen and oxygen atoms in total. The third-order valence-corrected chi connectivity index (χ3v) is 1.99. The quantitative estimate of drug-likeness (QED) is 0.746. The van der Waals surface area contributed by atoms with Crippen LogP contribution in [0.25, 0.3) is 0 Å². The van der Waals surface area contributed by atoms with Gasteiger partial charge in [-0.1, -0.05) is 12.1 Å². The number of hydrogen-bond donors (Lipinski definition) is 3. The molecule has 1 amide bonds. The first-order valence-corrected chi connectivity index (χ1v) is 4.68. The normalized spacial score (nSPS) is 13.4. The van der Waals surface area contributed by atoms with Crippen LogP contribution in [-0.4, -0.2) is 23.7 Å². The molecule has 1 unspecified atom stereocenters. The molecule has 0 fully saturated rings. The summed E-state index contributed by atoms with van der Waals surface area (Å²) in [5.41, 5.74) is 5.18. The maximum Gasteiger partial charge on any atom is 0.401 e. The van der Waals surface area contributed by atoms with Crippen LogP contribution in [0.3, 0.4) is 0 Å². The molecule has 1 atom stereocenters. The number of carbonyl (C=O) groups is 1.